The molecule has 14 heavy (non-hydrogen) atoms. The lowest BCUT2D eigenvalue weighted by atomic mass is 9.99. The summed E-state index contributed by atoms with van der Waals surface area (Å²) in [5, 5.41) is 10.1. The number of hydrogen-bond acceptors (Lipinski definition) is 1. The molecule has 2 rings (SSSR count). The van der Waals surface area contributed by atoms with Crippen molar-refractivity contribution in [1.82, 2.24) is 4.98 Å². The molecule has 1 N–H and O–H groups in total. The number of aromatic nitrogens is 1. The van der Waals surface area contributed by atoms with E-state index in [4.69, 9.17) is 5.26 Å². The molecule has 0 saturated heterocycles. The summed E-state index contributed by atoms with van der Waals surface area (Å²) < 4.78 is 0. The molecule has 1 heterocycles. The summed E-state index contributed by atoms with van der Waals surface area (Å²) in [6.45, 7) is 4.27. The molecule has 0 atom stereocenters. The molecule has 2 heteroatoms. The average molecular weight is 184 g/mol. The smallest absolute Gasteiger partial charge is 0.0998 e. The van der Waals surface area contributed by atoms with Crippen molar-refractivity contribution in [2.45, 2.75) is 19.8 Å². The lowest BCUT2D eigenvalue weighted by Crippen LogP contribution is -1.86. The third-order valence-corrected chi connectivity index (χ3v) is 2.48. The van der Waals surface area contributed by atoms with Crippen LogP contribution in [0.2, 0.25) is 0 Å². The van der Waals surface area contributed by atoms with E-state index in [9.17, 15) is 0 Å². The minimum Gasteiger partial charge on any atom is -0.361 e. The van der Waals surface area contributed by atoms with Crippen molar-refractivity contribution in [2.75, 3.05) is 0 Å². The van der Waals surface area contributed by atoms with Crippen LogP contribution in [-0.2, 0) is 0 Å². The fourth-order valence-electron chi connectivity index (χ4n) is 1.76. The average Bonchev–Trinajstić information content (AvgIpc) is 2.60. The first-order valence-electron chi connectivity index (χ1n) is 4.74. The fraction of sp³-hybridized carbons (Fsp3) is 0.250. The van der Waals surface area contributed by atoms with Crippen LogP contribution in [0.3, 0.4) is 0 Å². The van der Waals surface area contributed by atoms with Crippen LogP contribution >= 0.6 is 0 Å². The highest BCUT2D eigenvalue weighted by Gasteiger charge is 2.10. The van der Waals surface area contributed by atoms with Crippen molar-refractivity contribution in [3.63, 3.8) is 0 Å². The van der Waals surface area contributed by atoms with E-state index in [0.29, 0.717) is 5.92 Å². The van der Waals surface area contributed by atoms with Gasteiger partial charge in [0.1, 0.15) is 0 Å². The molecule has 2 nitrogen and oxygen atoms in total. The Hall–Kier alpha value is -1.75. The van der Waals surface area contributed by atoms with E-state index < -0.39 is 0 Å². The maximum Gasteiger partial charge on any atom is 0.0998 e. The van der Waals surface area contributed by atoms with E-state index >= 15 is 0 Å². The predicted molar refractivity (Wildman–Crippen MR) is 57.1 cm³/mol. The highest BCUT2D eigenvalue weighted by atomic mass is 14.7. The van der Waals surface area contributed by atoms with Gasteiger partial charge in [0, 0.05) is 17.1 Å². The van der Waals surface area contributed by atoms with Crippen LogP contribution in [0.5, 0.6) is 0 Å². The normalized spacial score (nSPS) is 10.7. The number of nitriles is 1. The summed E-state index contributed by atoms with van der Waals surface area (Å²) in [5.74, 6) is 0.443. The minimum absolute atomic E-state index is 0.443. The van der Waals surface area contributed by atoms with Crippen molar-refractivity contribution in [2.24, 2.45) is 0 Å². The van der Waals surface area contributed by atoms with Crippen molar-refractivity contribution in [3.05, 3.63) is 35.5 Å². The van der Waals surface area contributed by atoms with Crippen LogP contribution < -0.4 is 0 Å². The second-order valence-electron chi connectivity index (χ2n) is 3.74. The van der Waals surface area contributed by atoms with Gasteiger partial charge in [0.2, 0.25) is 0 Å². The molecule has 70 valence electrons. The zero-order valence-electron chi connectivity index (χ0n) is 8.33. The number of aromatic amines is 1. The van der Waals surface area contributed by atoms with Gasteiger partial charge < -0.3 is 4.98 Å². The minimum atomic E-state index is 0.443. The summed E-state index contributed by atoms with van der Waals surface area (Å²) in [7, 11) is 0. The van der Waals surface area contributed by atoms with Gasteiger partial charge in [-0.25, -0.2) is 0 Å². The summed E-state index contributed by atoms with van der Waals surface area (Å²) in [4.78, 5) is 3.19. The standard InChI is InChI=1S/C12H12N2/c1-8(2)10-7-14-11-5-3-4-9(6-13)12(10)11/h3-5,7-8,14H,1-2H3. The summed E-state index contributed by atoms with van der Waals surface area (Å²) in [5.41, 5.74) is 3.03. The van der Waals surface area contributed by atoms with Gasteiger partial charge in [-0.1, -0.05) is 19.9 Å². The Labute approximate surface area is 83.2 Å². The largest absolute Gasteiger partial charge is 0.361 e. The number of nitrogens with one attached hydrogen (secondary N) is 1. The van der Waals surface area contributed by atoms with Gasteiger partial charge in [-0.15, -0.1) is 0 Å². The van der Waals surface area contributed by atoms with Gasteiger partial charge in [0.25, 0.3) is 0 Å². The van der Waals surface area contributed by atoms with E-state index in [-0.39, 0.29) is 0 Å². The molecule has 1 aromatic heterocycles. The van der Waals surface area contributed by atoms with E-state index in [1.54, 1.807) is 0 Å². The predicted octanol–water partition coefficient (Wildman–Crippen LogP) is 3.16. The van der Waals surface area contributed by atoms with Gasteiger partial charge in [-0.3, -0.25) is 0 Å². The van der Waals surface area contributed by atoms with Gasteiger partial charge in [0.15, 0.2) is 0 Å². The SMILES string of the molecule is CC(C)c1c[nH]c2cccc(C#N)c12. The highest BCUT2D eigenvalue weighted by molar-refractivity contribution is 5.89. The van der Waals surface area contributed by atoms with E-state index in [1.165, 1.54) is 5.56 Å². The Bertz CT molecular complexity index is 501. The molecule has 1 aromatic carbocycles. The molecule has 0 spiro atoms. The number of hydrogen-bond donors (Lipinski definition) is 1. The lowest BCUT2D eigenvalue weighted by molar-refractivity contribution is 0.875. The summed E-state index contributed by atoms with van der Waals surface area (Å²) in [6, 6.07) is 8.00. The Morgan fingerprint density at radius 3 is 2.79 bits per heavy atom. The molecular formula is C12H12N2. The monoisotopic (exact) mass is 184 g/mol. The number of fused-ring (bicyclic) bond motifs is 1. The topological polar surface area (TPSA) is 39.6 Å². The van der Waals surface area contributed by atoms with E-state index in [1.807, 2.05) is 24.4 Å². The number of rotatable bonds is 1. The molecule has 0 unspecified atom stereocenters. The van der Waals surface area contributed by atoms with Gasteiger partial charge in [-0.2, -0.15) is 5.26 Å². The third-order valence-electron chi connectivity index (χ3n) is 2.48. The number of benzene rings is 1. The van der Waals surface area contributed by atoms with Crippen LogP contribution in [0.15, 0.2) is 24.4 Å². The maximum atomic E-state index is 9.00. The third kappa shape index (κ3) is 1.18. The lowest BCUT2D eigenvalue weighted by Gasteiger charge is -2.02. The molecule has 0 fully saturated rings. The maximum absolute atomic E-state index is 9.00. The van der Waals surface area contributed by atoms with Crippen molar-refractivity contribution >= 4 is 10.9 Å². The number of nitrogens with zero attached hydrogens (tertiary/aromatic N) is 1. The van der Waals surface area contributed by atoms with E-state index in [0.717, 1.165) is 16.5 Å². The first-order valence-corrected chi connectivity index (χ1v) is 4.74. The molecule has 0 aliphatic heterocycles. The first-order chi connectivity index (χ1) is 6.74. The first kappa shape index (κ1) is 8.83. The van der Waals surface area contributed by atoms with Crippen molar-refractivity contribution in [1.29, 1.82) is 5.26 Å². The Morgan fingerprint density at radius 1 is 1.36 bits per heavy atom. The second kappa shape index (κ2) is 3.19. The zero-order valence-corrected chi connectivity index (χ0v) is 8.33. The quantitative estimate of drug-likeness (QED) is 0.726. The molecule has 0 saturated carbocycles. The van der Waals surface area contributed by atoms with Crippen molar-refractivity contribution < 1.29 is 0 Å². The molecule has 2 aromatic rings. The van der Waals surface area contributed by atoms with Crippen LogP contribution in [0.1, 0.15) is 30.9 Å². The van der Waals surface area contributed by atoms with Crippen LogP contribution in [0, 0.1) is 11.3 Å². The second-order valence-corrected chi connectivity index (χ2v) is 3.74. The highest BCUT2D eigenvalue weighted by Crippen LogP contribution is 2.27. The molecule has 0 amide bonds. The molecular weight excluding hydrogens is 172 g/mol. The summed E-state index contributed by atoms with van der Waals surface area (Å²) in [6.07, 6.45) is 2.00. The molecule has 0 radical (unpaired) electrons. The molecule has 0 aliphatic carbocycles. The Kier molecular flexibility index (Phi) is 2.01. The zero-order chi connectivity index (χ0) is 10.1. The Morgan fingerprint density at radius 2 is 2.14 bits per heavy atom. The van der Waals surface area contributed by atoms with Crippen LogP contribution in [-0.4, -0.2) is 4.98 Å². The molecule has 0 bridgehead atoms. The van der Waals surface area contributed by atoms with E-state index in [2.05, 4.69) is 24.9 Å². The Balaban J connectivity index is 2.83. The number of H-pyrrole nitrogens is 1. The molecule has 0 aliphatic rings. The van der Waals surface area contributed by atoms with Crippen molar-refractivity contribution in [3.8, 4) is 6.07 Å². The van der Waals surface area contributed by atoms with Crippen LogP contribution in [0.4, 0.5) is 0 Å². The fourth-order valence-corrected chi connectivity index (χ4v) is 1.76. The van der Waals surface area contributed by atoms with Gasteiger partial charge in [-0.05, 0) is 23.6 Å². The van der Waals surface area contributed by atoms with Crippen LogP contribution in [0.25, 0.3) is 10.9 Å². The van der Waals surface area contributed by atoms with Gasteiger partial charge in [0.05, 0.1) is 11.6 Å². The van der Waals surface area contributed by atoms with Gasteiger partial charge >= 0.3 is 0 Å². The summed E-state index contributed by atoms with van der Waals surface area (Å²) >= 11 is 0.